The molecule has 2 amide bonds. The molecule has 2 atom stereocenters. The highest BCUT2D eigenvalue weighted by atomic mass is 16.5. The zero-order chi connectivity index (χ0) is 20.0. The molecule has 9 nitrogen and oxygen atoms in total. The molecule has 2 aromatic heterocycles. The molecular formula is C20H23N5O4. The summed E-state index contributed by atoms with van der Waals surface area (Å²) in [6.45, 7) is 3.19. The summed E-state index contributed by atoms with van der Waals surface area (Å²) in [7, 11) is 0. The van der Waals surface area contributed by atoms with E-state index < -0.39 is 0 Å². The van der Waals surface area contributed by atoms with Crippen LogP contribution in [0.5, 0.6) is 5.88 Å². The molecule has 152 valence electrons. The highest BCUT2D eigenvalue weighted by Crippen LogP contribution is 2.39. The predicted molar refractivity (Wildman–Crippen MR) is 100 cm³/mol. The number of fused-ring (bicyclic) bond motifs is 1. The lowest BCUT2D eigenvalue weighted by molar-refractivity contribution is -0.130. The van der Waals surface area contributed by atoms with Crippen LogP contribution in [0, 0.1) is 0 Å². The van der Waals surface area contributed by atoms with Crippen molar-refractivity contribution < 1.29 is 18.8 Å². The number of hydrogen-bond donors (Lipinski definition) is 0. The van der Waals surface area contributed by atoms with E-state index in [1.54, 1.807) is 28.1 Å². The first-order chi connectivity index (χ1) is 14.2. The summed E-state index contributed by atoms with van der Waals surface area (Å²) in [6.07, 6.45) is 4.85. The molecule has 0 aromatic carbocycles. The molecule has 0 radical (unpaired) electrons. The van der Waals surface area contributed by atoms with E-state index in [4.69, 9.17) is 9.26 Å². The number of rotatable bonds is 6. The number of hydrogen-bond acceptors (Lipinski definition) is 7. The highest BCUT2D eigenvalue weighted by molar-refractivity contribution is 5.97. The Morgan fingerprint density at radius 2 is 2.17 bits per heavy atom. The molecule has 5 rings (SSSR count). The van der Waals surface area contributed by atoms with Gasteiger partial charge in [-0.05, 0) is 38.3 Å². The topological polar surface area (TPSA) is 102 Å². The number of aromatic nitrogens is 3. The van der Waals surface area contributed by atoms with Gasteiger partial charge in [0.2, 0.25) is 17.7 Å². The van der Waals surface area contributed by atoms with Crippen LogP contribution in [0.3, 0.4) is 0 Å². The number of pyridine rings is 1. The molecule has 2 aliphatic heterocycles. The number of carbonyl (C=O) groups is 2. The molecule has 1 aliphatic carbocycles. The van der Waals surface area contributed by atoms with Crippen LogP contribution < -0.4 is 4.74 Å². The van der Waals surface area contributed by atoms with Crippen molar-refractivity contribution in [3.63, 3.8) is 0 Å². The zero-order valence-corrected chi connectivity index (χ0v) is 16.3. The Labute approximate surface area is 168 Å². The van der Waals surface area contributed by atoms with Crippen LogP contribution in [0.4, 0.5) is 0 Å². The van der Waals surface area contributed by atoms with Crippen LogP contribution in [0.1, 0.15) is 60.6 Å². The van der Waals surface area contributed by atoms with E-state index in [2.05, 4.69) is 15.1 Å². The third-order valence-corrected chi connectivity index (χ3v) is 5.89. The number of likely N-dealkylation sites (tertiary alicyclic amines) is 2. The van der Waals surface area contributed by atoms with E-state index in [9.17, 15) is 9.59 Å². The SMILES string of the molecule is CCOc1ncccc1C(=O)N1CC[C@H]2[C@@H]1CC(=O)N2Cc1nc(C2CC2)no1. The van der Waals surface area contributed by atoms with Crippen molar-refractivity contribution in [1.29, 1.82) is 0 Å². The van der Waals surface area contributed by atoms with Gasteiger partial charge in [-0.3, -0.25) is 9.59 Å². The van der Waals surface area contributed by atoms with Gasteiger partial charge in [0.15, 0.2) is 5.82 Å². The lowest BCUT2D eigenvalue weighted by Crippen LogP contribution is -2.40. The van der Waals surface area contributed by atoms with Gasteiger partial charge in [-0.1, -0.05) is 5.16 Å². The maximum absolute atomic E-state index is 13.2. The number of ether oxygens (including phenoxy) is 1. The number of carbonyl (C=O) groups excluding carboxylic acids is 2. The third-order valence-electron chi connectivity index (χ3n) is 5.89. The van der Waals surface area contributed by atoms with Gasteiger partial charge in [0.1, 0.15) is 12.1 Å². The summed E-state index contributed by atoms with van der Waals surface area (Å²) >= 11 is 0. The monoisotopic (exact) mass is 397 g/mol. The number of nitrogens with zero attached hydrogens (tertiary/aromatic N) is 5. The summed E-state index contributed by atoms with van der Waals surface area (Å²) in [4.78, 5) is 38.0. The second kappa shape index (κ2) is 7.13. The molecule has 1 saturated carbocycles. The lowest BCUT2D eigenvalue weighted by Gasteiger charge is -2.25. The van der Waals surface area contributed by atoms with Crippen molar-refractivity contribution in [2.24, 2.45) is 0 Å². The maximum Gasteiger partial charge on any atom is 0.259 e. The fraction of sp³-hybridized carbons (Fsp3) is 0.550. The van der Waals surface area contributed by atoms with Gasteiger partial charge < -0.3 is 19.1 Å². The van der Waals surface area contributed by atoms with Gasteiger partial charge in [-0.25, -0.2) is 4.98 Å². The van der Waals surface area contributed by atoms with Gasteiger partial charge in [0, 0.05) is 25.1 Å². The minimum Gasteiger partial charge on any atom is -0.477 e. The normalized spacial score (nSPS) is 23.6. The fourth-order valence-electron chi connectivity index (χ4n) is 4.33. The second-order valence-electron chi connectivity index (χ2n) is 7.76. The van der Waals surface area contributed by atoms with Gasteiger partial charge in [0.05, 0.1) is 18.7 Å². The van der Waals surface area contributed by atoms with E-state index in [0.29, 0.717) is 49.4 Å². The van der Waals surface area contributed by atoms with E-state index in [0.717, 1.165) is 25.1 Å². The molecule has 0 N–H and O–H groups in total. The van der Waals surface area contributed by atoms with Crippen molar-refractivity contribution in [2.45, 2.75) is 57.2 Å². The molecular weight excluding hydrogens is 374 g/mol. The van der Waals surface area contributed by atoms with E-state index >= 15 is 0 Å². The van der Waals surface area contributed by atoms with Crippen molar-refractivity contribution in [1.82, 2.24) is 24.9 Å². The minimum absolute atomic E-state index is 0.0138. The Morgan fingerprint density at radius 1 is 1.31 bits per heavy atom. The maximum atomic E-state index is 13.2. The Kier molecular flexibility index (Phi) is 4.44. The van der Waals surface area contributed by atoms with Crippen molar-refractivity contribution in [2.75, 3.05) is 13.2 Å². The Bertz CT molecular complexity index is 940. The Balaban J connectivity index is 1.32. The smallest absolute Gasteiger partial charge is 0.259 e. The first-order valence-corrected chi connectivity index (χ1v) is 10.2. The average Bonchev–Trinajstić information content (AvgIpc) is 3.21. The van der Waals surface area contributed by atoms with Gasteiger partial charge in [0.25, 0.3) is 5.91 Å². The molecule has 3 fully saturated rings. The molecule has 2 aromatic rings. The molecule has 0 bridgehead atoms. The lowest BCUT2D eigenvalue weighted by atomic mass is 10.1. The first kappa shape index (κ1) is 18.1. The van der Waals surface area contributed by atoms with Crippen LogP contribution >= 0.6 is 0 Å². The molecule has 4 heterocycles. The van der Waals surface area contributed by atoms with Gasteiger partial charge in [-0.2, -0.15) is 4.98 Å². The van der Waals surface area contributed by atoms with Crippen LogP contribution in [0.2, 0.25) is 0 Å². The van der Waals surface area contributed by atoms with Crippen molar-refractivity contribution in [3.05, 3.63) is 35.6 Å². The summed E-state index contributed by atoms with van der Waals surface area (Å²) in [5.41, 5.74) is 0.437. The summed E-state index contributed by atoms with van der Waals surface area (Å²) in [5.74, 6) is 1.83. The summed E-state index contributed by atoms with van der Waals surface area (Å²) in [5, 5.41) is 4.03. The third kappa shape index (κ3) is 3.24. The average molecular weight is 397 g/mol. The number of amides is 2. The molecule has 0 unspecified atom stereocenters. The van der Waals surface area contributed by atoms with Crippen LogP contribution in [-0.2, 0) is 11.3 Å². The van der Waals surface area contributed by atoms with Crippen molar-refractivity contribution in [3.8, 4) is 5.88 Å². The van der Waals surface area contributed by atoms with E-state index in [1.165, 1.54) is 0 Å². The van der Waals surface area contributed by atoms with Gasteiger partial charge in [-0.15, -0.1) is 0 Å². The molecule has 0 spiro atoms. The van der Waals surface area contributed by atoms with E-state index in [-0.39, 0.29) is 23.9 Å². The van der Waals surface area contributed by atoms with Crippen LogP contribution in [-0.4, -0.2) is 62.0 Å². The highest BCUT2D eigenvalue weighted by Gasteiger charge is 2.49. The first-order valence-electron chi connectivity index (χ1n) is 10.2. The standard InChI is InChI=1S/C20H23N5O4/c1-2-28-19-13(4-3-8-21-19)20(27)24-9-7-14-15(24)10-17(26)25(14)11-16-22-18(23-29-16)12-5-6-12/h3-4,8,12,14-15H,2,5-7,9-11H2,1H3/t14-,15-/m0/s1. The Morgan fingerprint density at radius 3 is 2.97 bits per heavy atom. The molecule has 9 heteroatoms. The molecule has 2 saturated heterocycles. The largest absolute Gasteiger partial charge is 0.477 e. The fourth-order valence-corrected chi connectivity index (χ4v) is 4.33. The zero-order valence-electron chi connectivity index (χ0n) is 16.3. The summed E-state index contributed by atoms with van der Waals surface area (Å²) in [6, 6.07) is 3.26. The second-order valence-corrected chi connectivity index (χ2v) is 7.76. The minimum atomic E-state index is -0.157. The van der Waals surface area contributed by atoms with Crippen LogP contribution in [0.25, 0.3) is 0 Å². The summed E-state index contributed by atoms with van der Waals surface area (Å²) < 4.78 is 10.9. The molecule has 3 aliphatic rings. The van der Waals surface area contributed by atoms with Gasteiger partial charge >= 0.3 is 0 Å². The van der Waals surface area contributed by atoms with E-state index in [1.807, 2.05) is 6.92 Å². The predicted octanol–water partition coefficient (Wildman–Crippen LogP) is 1.76. The quantitative estimate of drug-likeness (QED) is 0.732. The van der Waals surface area contributed by atoms with Crippen LogP contribution in [0.15, 0.2) is 22.9 Å². The van der Waals surface area contributed by atoms with Crippen molar-refractivity contribution >= 4 is 11.8 Å². The molecule has 29 heavy (non-hydrogen) atoms. The Hall–Kier alpha value is -2.97.